The first-order chi connectivity index (χ1) is 12.3. The molecule has 0 bridgehead atoms. The molecule has 0 heterocycles. The minimum atomic E-state index is 0.626. The fourth-order valence-corrected chi connectivity index (χ4v) is 3.59. The van der Waals surface area contributed by atoms with E-state index < -0.39 is 0 Å². The zero-order chi connectivity index (χ0) is 17.3. The fourth-order valence-electron chi connectivity index (χ4n) is 3.59. The Labute approximate surface area is 152 Å². The van der Waals surface area contributed by atoms with Crippen LogP contribution in [0.3, 0.4) is 0 Å². The third kappa shape index (κ3) is 6.21. The lowest BCUT2D eigenvalue weighted by Gasteiger charge is -2.21. The Morgan fingerprint density at radius 2 is 1.60 bits per heavy atom. The Bertz CT molecular complexity index is 627. The zero-order valence-electron chi connectivity index (χ0n) is 15.5. The molecule has 2 aromatic rings. The van der Waals surface area contributed by atoms with Crippen molar-refractivity contribution in [1.82, 2.24) is 5.32 Å². The smallest absolute Gasteiger partial charge is 0.119 e. The van der Waals surface area contributed by atoms with Gasteiger partial charge in [0.15, 0.2) is 0 Å². The normalized spacial score (nSPS) is 16.2. The van der Waals surface area contributed by atoms with E-state index in [1.807, 2.05) is 0 Å². The van der Waals surface area contributed by atoms with Gasteiger partial charge in [0, 0.05) is 12.6 Å². The molecule has 1 fully saturated rings. The average Bonchev–Trinajstić information content (AvgIpc) is 2.60. The Morgan fingerprint density at radius 3 is 2.32 bits per heavy atom. The van der Waals surface area contributed by atoms with Gasteiger partial charge in [-0.05, 0) is 43.0 Å². The van der Waals surface area contributed by atoms with Crippen LogP contribution in [0, 0.1) is 6.92 Å². The van der Waals surface area contributed by atoms with Crippen LogP contribution in [0.1, 0.15) is 61.6 Å². The number of nitrogens with one attached hydrogen (secondary N) is 1. The predicted molar refractivity (Wildman–Crippen MR) is 105 cm³/mol. The van der Waals surface area contributed by atoms with Gasteiger partial charge in [0.1, 0.15) is 12.4 Å². The second-order valence-electron chi connectivity index (χ2n) is 7.34. The van der Waals surface area contributed by atoms with E-state index in [0.717, 1.165) is 12.3 Å². The minimum absolute atomic E-state index is 0.626. The third-order valence-electron chi connectivity index (χ3n) is 5.11. The topological polar surface area (TPSA) is 21.3 Å². The fraction of sp³-hybridized carbons (Fsp3) is 0.478. The summed E-state index contributed by atoms with van der Waals surface area (Å²) in [6, 6.07) is 17.7. The summed E-state index contributed by atoms with van der Waals surface area (Å²) < 4.78 is 5.91. The van der Waals surface area contributed by atoms with Gasteiger partial charge >= 0.3 is 0 Å². The van der Waals surface area contributed by atoms with Crippen molar-refractivity contribution in [3.63, 3.8) is 0 Å². The summed E-state index contributed by atoms with van der Waals surface area (Å²) >= 11 is 0. The van der Waals surface area contributed by atoms with Crippen molar-refractivity contribution in [1.29, 1.82) is 0 Å². The third-order valence-corrected chi connectivity index (χ3v) is 5.11. The molecule has 2 nitrogen and oxygen atoms in total. The molecular weight excluding hydrogens is 306 g/mol. The van der Waals surface area contributed by atoms with Gasteiger partial charge in [-0.15, -0.1) is 0 Å². The van der Waals surface area contributed by atoms with Gasteiger partial charge in [-0.2, -0.15) is 0 Å². The molecule has 0 amide bonds. The number of aryl methyl sites for hydroxylation is 1. The summed E-state index contributed by atoms with van der Waals surface area (Å²) in [6.07, 6.45) is 9.66. The quantitative estimate of drug-likeness (QED) is 0.722. The van der Waals surface area contributed by atoms with Crippen LogP contribution in [0.25, 0.3) is 0 Å². The van der Waals surface area contributed by atoms with Gasteiger partial charge in [-0.1, -0.05) is 74.1 Å². The first kappa shape index (κ1) is 18.0. The highest BCUT2D eigenvalue weighted by molar-refractivity contribution is 5.28. The molecule has 1 N–H and O–H groups in total. The number of hydrogen-bond donors (Lipinski definition) is 1. The van der Waals surface area contributed by atoms with E-state index in [4.69, 9.17) is 4.74 Å². The monoisotopic (exact) mass is 337 g/mol. The molecule has 0 aromatic heterocycles. The first-order valence-corrected chi connectivity index (χ1v) is 9.80. The standard InChI is InChI=1S/C23H31NO/c1-19-8-7-9-21(16-19)18-25-23-14-12-20(13-15-23)17-24-22-10-5-3-2-4-6-11-22/h7-9,12-16,22,24H,2-6,10-11,17-18H2,1H3. The second kappa shape index (κ2) is 9.62. The van der Waals surface area contributed by atoms with Gasteiger partial charge in [0.25, 0.3) is 0 Å². The molecule has 0 aliphatic heterocycles. The van der Waals surface area contributed by atoms with Gasteiger partial charge in [0.05, 0.1) is 0 Å². The van der Waals surface area contributed by atoms with Crippen molar-refractivity contribution < 1.29 is 4.74 Å². The largest absolute Gasteiger partial charge is 0.489 e. The van der Waals surface area contributed by atoms with Crippen LogP contribution in [-0.2, 0) is 13.2 Å². The van der Waals surface area contributed by atoms with E-state index in [1.54, 1.807) is 0 Å². The molecule has 0 atom stereocenters. The van der Waals surface area contributed by atoms with Crippen LogP contribution >= 0.6 is 0 Å². The van der Waals surface area contributed by atoms with Crippen molar-refractivity contribution in [2.45, 2.75) is 71.1 Å². The highest BCUT2D eigenvalue weighted by Gasteiger charge is 2.10. The van der Waals surface area contributed by atoms with E-state index in [-0.39, 0.29) is 0 Å². The van der Waals surface area contributed by atoms with Crippen molar-refractivity contribution in [2.24, 2.45) is 0 Å². The Morgan fingerprint density at radius 1 is 0.880 bits per heavy atom. The van der Waals surface area contributed by atoms with Gasteiger partial charge in [-0.25, -0.2) is 0 Å². The lowest BCUT2D eigenvalue weighted by atomic mass is 9.96. The lowest BCUT2D eigenvalue weighted by molar-refractivity contribution is 0.306. The van der Waals surface area contributed by atoms with Crippen LogP contribution in [0.4, 0.5) is 0 Å². The molecule has 134 valence electrons. The lowest BCUT2D eigenvalue weighted by Crippen LogP contribution is -2.29. The van der Waals surface area contributed by atoms with Crippen LogP contribution in [0.5, 0.6) is 5.75 Å². The SMILES string of the molecule is Cc1cccc(COc2ccc(CNC3CCCCCCC3)cc2)c1. The maximum atomic E-state index is 5.91. The summed E-state index contributed by atoms with van der Waals surface area (Å²) in [5.74, 6) is 0.941. The predicted octanol–water partition coefficient (Wildman–Crippen LogP) is 5.78. The second-order valence-corrected chi connectivity index (χ2v) is 7.34. The maximum absolute atomic E-state index is 5.91. The van der Waals surface area contributed by atoms with E-state index >= 15 is 0 Å². The Kier molecular flexibility index (Phi) is 6.93. The van der Waals surface area contributed by atoms with Gasteiger partial charge in [-0.3, -0.25) is 0 Å². The molecule has 1 saturated carbocycles. The molecule has 0 unspecified atom stereocenters. The highest BCUT2D eigenvalue weighted by atomic mass is 16.5. The van der Waals surface area contributed by atoms with Crippen molar-refractivity contribution in [2.75, 3.05) is 0 Å². The van der Waals surface area contributed by atoms with Crippen molar-refractivity contribution in [3.8, 4) is 5.75 Å². The van der Waals surface area contributed by atoms with Gasteiger partial charge < -0.3 is 10.1 Å². The number of ether oxygens (including phenoxy) is 1. The summed E-state index contributed by atoms with van der Waals surface area (Å²) in [6.45, 7) is 3.70. The van der Waals surface area contributed by atoms with E-state index in [1.165, 1.54) is 61.6 Å². The van der Waals surface area contributed by atoms with E-state index in [9.17, 15) is 0 Å². The van der Waals surface area contributed by atoms with E-state index in [2.05, 4.69) is 60.8 Å². The van der Waals surface area contributed by atoms with Crippen LogP contribution in [0.15, 0.2) is 48.5 Å². The zero-order valence-corrected chi connectivity index (χ0v) is 15.5. The minimum Gasteiger partial charge on any atom is -0.489 e. The first-order valence-electron chi connectivity index (χ1n) is 9.80. The average molecular weight is 338 g/mol. The Balaban J connectivity index is 1.45. The van der Waals surface area contributed by atoms with Crippen molar-refractivity contribution in [3.05, 3.63) is 65.2 Å². The molecular formula is C23H31NO. The van der Waals surface area contributed by atoms with Crippen molar-refractivity contribution >= 4 is 0 Å². The summed E-state index contributed by atoms with van der Waals surface area (Å²) in [4.78, 5) is 0. The molecule has 0 radical (unpaired) electrons. The molecule has 0 spiro atoms. The van der Waals surface area contributed by atoms with Crippen LogP contribution in [0.2, 0.25) is 0 Å². The Hall–Kier alpha value is -1.80. The number of hydrogen-bond acceptors (Lipinski definition) is 2. The molecule has 2 aromatic carbocycles. The highest BCUT2D eigenvalue weighted by Crippen LogP contribution is 2.18. The van der Waals surface area contributed by atoms with Gasteiger partial charge in [0.2, 0.25) is 0 Å². The number of benzene rings is 2. The molecule has 25 heavy (non-hydrogen) atoms. The molecule has 2 heteroatoms. The van der Waals surface area contributed by atoms with Crippen LogP contribution in [-0.4, -0.2) is 6.04 Å². The molecule has 0 saturated heterocycles. The van der Waals surface area contributed by atoms with Crippen LogP contribution < -0.4 is 10.1 Å². The molecule has 3 rings (SSSR count). The molecule has 1 aliphatic rings. The number of rotatable bonds is 6. The maximum Gasteiger partial charge on any atom is 0.119 e. The summed E-state index contributed by atoms with van der Waals surface area (Å²) in [5, 5.41) is 3.75. The summed E-state index contributed by atoms with van der Waals surface area (Å²) in [7, 11) is 0. The molecule has 1 aliphatic carbocycles. The summed E-state index contributed by atoms with van der Waals surface area (Å²) in [5.41, 5.74) is 3.83. The van der Waals surface area contributed by atoms with E-state index in [0.29, 0.717) is 12.6 Å².